The van der Waals surface area contributed by atoms with Crippen LogP contribution in [0, 0.1) is 11.8 Å². The summed E-state index contributed by atoms with van der Waals surface area (Å²) in [5, 5.41) is 0. The molecule has 1 rings (SSSR count). The summed E-state index contributed by atoms with van der Waals surface area (Å²) in [7, 11) is 0. The molecule has 9 heavy (non-hydrogen) atoms. The SMILES string of the molecule is C1=C/C=C\C#CCCC=1. The summed E-state index contributed by atoms with van der Waals surface area (Å²) in [6.07, 6.45) is 9.59. The molecule has 0 heterocycles. The molecular formula is C9H8. The van der Waals surface area contributed by atoms with Gasteiger partial charge in [0.2, 0.25) is 0 Å². The van der Waals surface area contributed by atoms with Gasteiger partial charge >= 0.3 is 0 Å². The molecule has 0 aromatic carbocycles. The standard InChI is InChI=1S/C9H8/c1-2-4-6-8-9-7-5-3-1/h1-3,6H,8-9H2/b3-1-. The van der Waals surface area contributed by atoms with Gasteiger partial charge in [-0.15, -0.1) is 5.73 Å². The van der Waals surface area contributed by atoms with E-state index in [1.807, 2.05) is 24.3 Å². The molecule has 44 valence electrons. The van der Waals surface area contributed by atoms with E-state index in [4.69, 9.17) is 0 Å². The Morgan fingerprint density at radius 2 is 2.33 bits per heavy atom. The minimum absolute atomic E-state index is 0.950. The fraction of sp³-hybridized carbons (Fsp3) is 0.222. The van der Waals surface area contributed by atoms with E-state index in [0.29, 0.717) is 0 Å². The van der Waals surface area contributed by atoms with Gasteiger partial charge in [-0.05, 0) is 30.7 Å². The van der Waals surface area contributed by atoms with Crippen molar-refractivity contribution in [3.63, 3.8) is 0 Å². The quantitative estimate of drug-likeness (QED) is 0.335. The Morgan fingerprint density at radius 1 is 1.33 bits per heavy atom. The average Bonchev–Trinajstić information content (AvgIpc) is 2.00. The lowest BCUT2D eigenvalue weighted by atomic mass is 10.3. The van der Waals surface area contributed by atoms with Crippen molar-refractivity contribution in [3.05, 3.63) is 30.0 Å². The van der Waals surface area contributed by atoms with Crippen LogP contribution in [0.2, 0.25) is 0 Å². The van der Waals surface area contributed by atoms with Crippen LogP contribution in [0.1, 0.15) is 12.8 Å². The van der Waals surface area contributed by atoms with E-state index < -0.39 is 0 Å². The van der Waals surface area contributed by atoms with Gasteiger partial charge in [-0.3, -0.25) is 0 Å². The monoisotopic (exact) mass is 116 g/mol. The highest BCUT2D eigenvalue weighted by atomic mass is 13.8. The highest BCUT2D eigenvalue weighted by Gasteiger charge is 1.73. The highest BCUT2D eigenvalue weighted by Crippen LogP contribution is 1.88. The predicted molar refractivity (Wildman–Crippen MR) is 38.8 cm³/mol. The Labute approximate surface area is 55.6 Å². The van der Waals surface area contributed by atoms with Crippen molar-refractivity contribution in [2.45, 2.75) is 12.8 Å². The predicted octanol–water partition coefficient (Wildman–Crippen LogP) is 2.05. The van der Waals surface area contributed by atoms with E-state index in [1.165, 1.54) is 0 Å². The zero-order valence-corrected chi connectivity index (χ0v) is 5.22. The number of hydrogen-bond donors (Lipinski definition) is 0. The van der Waals surface area contributed by atoms with E-state index in [2.05, 4.69) is 17.6 Å². The molecule has 1 aliphatic rings. The normalized spacial score (nSPS) is 18.7. The maximum Gasteiger partial charge on any atom is 0.0133 e. The molecule has 0 N–H and O–H groups in total. The van der Waals surface area contributed by atoms with Gasteiger partial charge in [-0.1, -0.05) is 11.8 Å². The molecule has 0 heteroatoms. The van der Waals surface area contributed by atoms with E-state index in [-0.39, 0.29) is 0 Å². The number of allylic oxidation sites excluding steroid dienone is 3. The van der Waals surface area contributed by atoms with Gasteiger partial charge in [0.25, 0.3) is 0 Å². The zero-order valence-electron chi connectivity index (χ0n) is 5.22. The maximum atomic E-state index is 3.01. The van der Waals surface area contributed by atoms with Gasteiger partial charge in [0, 0.05) is 6.42 Å². The summed E-state index contributed by atoms with van der Waals surface area (Å²) in [4.78, 5) is 0. The second-order valence-electron chi connectivity index (χ2n) is 1.76. The van der Waals surface area contributed by atoms with E-state index in [9.17, 15) is 0 Å². The molecule has 0 fully saturated rings. The Hall–Kier alpha value is -1.18. The minimum atomic E-state index is 0.950. The molecule has 0 amide bonds. The van der Waals surface area contributed by atoms with Crippen molar-refractivity contribution in [2.75, 3.05) is 0 Å². The average molecular weight is 116 g/mol. The molecule has 0 nitrogen and oxygen atoms in total. The van der Waals surface area contributed by atoms with Crippen molar-refractivity contribution < 1.29 is 0 Å². The smallest absolute Gasteiger partial charge is 0.0133 e. The molecule has 0 saturated carbocycles. The molecule has 0 aromatic heterocycles. The van der Waals surface area contributed by atoms with Crippen molar-refractivity contribution in [2.24, 2.45) is 0 Å². The first-order valence-electron chi connectivity index (χ1n) is 3.04. The number of hydrogen-bond acceptors (Lipinski definition) is 0. The van der Waals surface area contributed by atoms with Crippen LogP contribution in [0.15, 0.2) is 30.0 Å². The number of rotatable bonds is 0. The van der Waals surface area contributed by atoms with Crippen LogP contribution in [0.25, 0.3) is 0 Å². The van der Waals surface area contributed by atoms with E-state index >= 15 is 0 Å². The van der Waals surface area contributed by atoms with Gasteiger partial charge in [-0.2, -0.15) is 0 Å². The summed E-state index contributed by atoms with van der Waals surface area (Å²) >= 11 is 0. The van der Waals surface area contributed by atoms with Crippen LogP contribution in [0.3, 0.4) is 0 Å². The maximum absolute atomic E-state index is 3.01. The molecule has 0 aromatic rings. The lowest BCUT2D eigenvalue weighted by molar-refractivity contribution is 1.09. The Balaban J connectivity index is 2.68. The van der Waals surface area contributed by atoms with Gasteiger partial charge in [0.05, 0.1) is 0 Å². The molecule has 1 aliphatic carbocycles. The minimum Gasteiger partial charge on any atom is -0.125 e. The second-order valence-corrected chi connectivity index (χ2v) is 1.76. The summed E-state index contributed by atoms with van der Waals surface area (Å²) in [6.45, 7) is 0. The van der Waals surface area contributed by atoms with Crippen molar-refractivity contribution in [1.82, 2.24) is 0 Å². The molecule has 0 aliphatic heterocycles. The third kappa shape index (κ3) is 2.59. The lowest BCUT2D eigenvalue weighted by Gasteiger charge is -1.75. The summed E-state index contributed by atoms with van der Waals surface area (Å²) in [5.41, 5.74) is 3.01. The van der Waals surface area contributed by atoms with Crippen LogP contribution < -0.4 is 0 Å². The van der Waals surface area contributed by atoms with Crippen molar-refractivity contribution in [1.29, 1.82) is 0 Å². The molecule has 0 saturated heterocycles. The van der Waals surface area contributed by atoms with Crippen LogP contribution in [0.4, 0.5) is 0 Å². The Morgan fingerprint density at radius 3 is 3.33 bits per heavy atom. The molecule has 0 atom stereocenters. The highest BCUT2D eigenvalue weighted by molar-refractivity contribution is 5.20. The lowest BCUT2D eigenvalue weighted by Crippen LogP contribution is -1.60. The van der Waals surface area contributed by atoms with E-state index in [0.717, 1.165) is 12.8 Å². The molecule has 0 spiro atoms. The molecule has 0 unspecified atom stereocenters. The third-order valence-electron chi connectivity index (χ3n) is 1.01. The van der Waals surface area contributed by atoms with Crippen molar-refractivity contribution >= 4 is 0 Å². The van der Waals surface area contributed by atoms with Gasteiger partial charge < -0.3 is 0 Å². The Kier molecular flexibility index (Phi) is 2.50. The van der Waals surface area contributed by atoms with Crippen LogP contribution >= 0.6 is 0 Å². The molecule has 0 radical (unpaired) electrons. The summed E-state index contributed by atoms with van der Waals surface area (Å²) in [6, 6.07) is 0. The first kappa shape index (κ1) is 5.95. The topological polar surface area (TPSA) is 0 Å². The third-order valence-corrected chi connectivity index (χ3v) is 1.01. The summed E-state index contributed by atoms with van der Waals surface area (Å²) < 4.78 is 0. The fourth-order valence-corrected chi connectivity index (χ4v) is 0.579. The van der Waals surface area contributed by atoms with Crippen LogP contribution in [0.5, 0.6) is 0 Å². The van der Waals surface area contributed by atoms with Gasteiger partial charge in [0.15, 0.2) is 0 Å². The van der Waals surface area contributed by atoms with E-state index in [1.54, 1.807) is 0 Å². The molecule has 0 bridgehead atoms. The largest absolute Gasteiger partial charge is 0.125 e. The fourth-order valence-electron chi connectivity index (χ4n) is 0.579. The van der Waals surface area contributed by atoms with Crippen molar-refractivity contribution in [3.8, 4) is 11.8 Å². The van der Waals surface area contributed by atoms with Gasteiger partial charge in [-0.25, -0.2) is 0 Å². The van der Waals surface area contributed by atoms with Crippen LogP contribution in [-0.2, 0) is 0 Å². The summed E-state index contributed by atoms with van der Waals surface area (Å²) in [5.74, 6) is 5.90. The first-order chi connectivity index (χ1) is 4.50. The first-order valence-corrected chi connectivity index (χ1v) is 3.04. The second kappa shape index (κ2) is 3.78. The van der Waals surface area contributed by atoms with Gasteiger partial charge in [0.1, 0.15) is 0 Å². The Bertz CT molecular complexity index is 214. The zero-order chi connectivity index (χ0) is 6.36. The van der Waals surface area contributed by atoms with Crippen LogP contribution in [-0.4, -0.2) is 0 Å². The molecular weight excluding hydrogens is 108 g/mol.